The molecule has 1 fully saturated rings. The van der Waals surface area contributed by atoms with Crippen LogP contribution in [-0.2, 0) is 11.3 Å². The number of hydrogen-bond donors (Lipinski definition) is 2. The molecule has 10 heteroatoms. The molecule has 0 aliphatic carbocycles. The van der Waals surface area contributed by atoms with Gasteiger partial charge in [-0.15, -0.1) is 0 Å². The highest BCUT2D eigenvalue weighted by Crippen LogP contribution is 2.35. The van der Waals surface area contributed by atoms with Gasteiger partial charge in [-0.3, -0.25) is 14.6 Å². The number of methoxy groups -OCH3 is 1. The van der Waals surface area contributed by atoms with E-state index in [-0.39, 0.29) is 16.6 Å². The van der Waals surface area contributed by atoms with E-state index >= 15 is 0 Å². The molecule has 2 aromatic carbocycles. The first-order valence-electron chi connectivity index (χ1n) is 11.4. The minimum Gasteiger partial charge on any atom is -0.496 e. The van der Waals surface area contributed by atoms with E-state index in [1.807, 2.05) is 19.2 Å². The lowest BCUT2D eigenvalue weighted by Crippen LogP contribution is -2.75. The number of rotatable bonds is 8. The number of carbonyl (C=O) groups excluding carboxylic acids is 1. The average molecular weight is 501 g/mol. The van der Waals surface area contributed by atoms with Crippen LogP contribution in [-0.4, -0.2) is 71.6 Å². The third-order valence-electron chi connectivity index (χ3n) is 6.69. The van der Waals surface area contributed by atoms with Crippen molar-refractivity contribution in [3.63, 3.8) is 0 Å². The zero-order chi connectivity index (χ0) is 25.3. The first kappa shape index (κ1) is 25.1. The molecule has 1 aromatic heterocycles. The van der Waals surface area contributed by atoms with Crippen LogP contribution in [0.2, 0.25) is 5.02 Å². The predicted octanol–water partition coefficient (Wildman–Crippen LogP) is 3.82. The molecule has 3 aromatic rings. The molecule has 0 atom stereocenters. The van der Waals surface area contributed by atoms with Crippen LogP contribution in [0.1, 0.15) is 19.4 Å². The maximum atomic E-state index is 14.5. The molecule has 0 saturated carbocycles. The Kier molecular flexibility index (Phi) is 7.12. The van der Waals surface area contributed by atoms with E-state index in [9.17, 15) is 9.18 Å². The molecule has 186 valence electrons. The Morgan fingerprint density at radius 3 is 2.71 bits per heavy atom. The van der Waals surface area contributed by atoms with Gasteiger partial charge in [0.2, 0.25) is 5.91 Å². The van der Waals surface area contributed by atoms with Gasteiger partial charge in [-0.2, -0.15) is 0 Å². The van der Waals surface area contributed by atoms with Gasteiger partial charge >= 0.3 is 0 Å². The van der Waals surface area contributed by atoms with Crippen LogP contribution in [0.5, 0.6) is 5.75 Å². The number of carbonyl (C=O) groups is 1. The van der Waals surface area contributed by atoms with E-state index in [0.29, 0.717) is 48.1 Å². The fourth-order valence-electron chi connectivity index (χ4n) is 4.46. The Hall–Kier alpha value is -3.01. The van der Waals surface area contributed by atoms with E-state index < -0.39 is 11.4 Å². The van der Waals surface area contributed by atoms with Gasteiger partial charge in [0, 0.05) is 49.7 Å². The van der Waals surface area contributed by atoms with Crippen molar-refractivity contribution in [2.75, 3.05) is 39.6 Å². The number of hydrogen-bond acceptors (Lipinski definition) is 7. The highest BCUT2D eigenvalue weighted by molar-refractivity contribution is 6.31. The number of fused-ring (bicyclic) bond motifs is 1. The molecular weight excluding hydrogens is 471 g/mol. The SMILES string of the molecule is CNC(=O)C1(N(C)Cc2cc3c(Nc4cccc(Cl)c4F)ncnc3cc2OC)CN(C(C)C)C1. The monoisotopic (exact) mass is 500 g/mol. The highest BCUT2D eigenvalue weighted by atomic mass is 35.5. The fraction of sp³-hybridized carbons (Fsp3) is 0.400. The number of ether oxygens (including phenoxy) is 1. The summed E-state index contributed by atoms with van der Waals surface area (Å²) in [6.45, 7) is 5.98. The van der Waals surface area contributed by atoms with Crippen LogP contribution in [0.15, 0.2) is 36.7 Å². The number of nitrogens with one attached hydrogen (secondary N) is 2. The van der Waals surface area contributed by atoms with Gasteiger partial charge < -0.3 is 15.4 Å². The number of anilines is 2. The van der Waals surface area contributed by atoms with Crippen LogP contribution in [0, 0.1) is 5.82 Å². The number of benzene rings is 2. The normalized spacial score (nSPS) is 15.3. The summed E-state index contributed by atoms with van der Waals surface area (Å²) in [6.07, 6.45) is 1.41. The summed E-state index contributed by atoms with van der Waals surface area (Å²) in [6, 6.07) is 8.85. The second-order valence-corrected chi connectivity index (χ2v) is 9.50. The van der Waals surface area contributed by atoms with Crippen molar-refractivity contribution < 1.29 is 13.9 Å². The van der Waals surface area contributed by atoms with E-state index in [0.717, 1.165) is 5.56 Å². The van der Waals surface area contributed by atoms with Crippen LogP contribution in [0.4, 0.5) is 15.9 Å². The molecule has 0 bridgehead atoms. The van der Waals surface area contributed by atoms with Gasteiger partial charge in [-0.25, -0.2) is 14.4 Å². The van der Waals surface area contributed by atoms with Crippen LogP contribution >= 0.6 is 11.6 Å². The van der Waals surface area contributed by atoms with Crippen LogP contribution < -0.4 is 15.4 Å². The van der Waals surface area contributed by atoms with Gasteiger partial charge in [0.05, 0.1) is 23.3 Å². The molecule has 2 N–H and O–H groups in total. The lowest BCUT2D eigenvalue weighted by Gasteiger charge is -2.54. The van der Waals surface area contributed by atoms with Crippen molar-refractivity contribution in [2.45, 2.75) is 32.0 Å². The quantitative estimate of drug-likeness (QED) is 0.486. The molecule has 1 amide bonds. The molecule has 1 aliphatic rings. The predicted molar refractivity (Wildman–Crippen MR) is 136 cm³/mol. The zero-order valence-corrected chi connectivity index (χ0v) is 21.3. The number of nitrogens with zero attached hydrogens (tertiary/aromatic N) is 4. The first-order valence-corrected chi connectivity index (χ1v) is 11.8. The third-order valence-corrected chi connectivity index (χ3v) is 6.98. The van der Waals surface area contributed by atoms with Crippen molar-refractivity contribution >= 4 is 39.9 Å². The standard InChI is InChI=1S/C25H30ClFN6O2/c1-15(2)33-12-25(13-33,24(34)28-3)32(4)11-16-9-17-20(10-21(16)35-5)29-14-30-23(17)31-19-8-6-7-18(26)22(19)27/h6-10,14-15H,11-13H2,1-5H3,(H,28,34)(H,29,30,31). The molecule has 8 nitrogen and oxygen atoms in total. The Balaban J connectivity index is 1.70. The zero-order valence-electron chi connectivity index (χ0n) is 20.5. The topological polar surface area (TPSA) is 82.6 Å². The van der Waals surface area contributed by atoms with Gasteiger partial charge in [0.15, 0.2) is 5.82 Å². The maximum Gasteiger partial charge on any atom is 0.242 e. The molecule has 2 heterocycles. The van der Waals surface area contributed by atoms with Gasteiger partial charge in [-0.1, -0.05) is 17.7 Å². The average Bonchev–Trinajstić information content (AvgIpc) is 2.80. The van der Waals surface area contributed by atoms with Gasteiger partial charge in [0.25, 0.3) is 0 Å². The summed E-state index contributed by atoms with van der Waals surface area (Å²) in [5, 5.41) is 6.58. The summed E-state index contributed by atoms with van der Waals surface area (Å²) in [7, 11) is 5.21. The molecular formula is C25H30ClFN6O2. The summed E-state index contributed by atoms with van der Waals surface area (Å²) < 4.78 is 20.2. The maximum absolute atomic E-state index is 14.5. The van der Waals surface area contributed by atoms with Crippen molar-refractivity contribution in [3.8, 4) is 5.75 Å². The number of aromatic nitrogens is 2. The minimum atomic E-state index is -0.642. The summed E-state index contributed by atoms with van der Waals surface area (Å²) >= 11 is 5.94. The summed E-state index contributed by atoms with van der Waals surface area (Å²) in [4.78, 5) is 25.9. The Bertz CT molecular complexity index is 1250. The van der Waals surface area contributed by atoms with Crippen molar-refractivity contribution in [3.05, 3.63) is 53.1 Å². The van der Waals surface area contributed by atoms with Crippen LogP contribution in [0.3, 0.4) is 0 Å². The van der Waals surface area contributed by atoms with E-state index in [2.05, 4.69) is 44.2 Å². The van der Waals surface area contributed by atoms with E-state index in [4.69, 9.17) is 16.3 Å². The van der Waals surface area contributed by atoms with E-state index in [1.54, 1.807) is 26.3 Å². The third kappa shape index (κ3) is 4.63. The van der Waals surface area contributed by atoms with E-state index in [1.165, 1.54) is 12.4 Å². The Morgan fingerprint density at radius 1 is 1.31 bits per heavy atom. The number of halogens is 2. The fourth-order valence-corrected chi connectivity index (χ4v) is 4.63. The molecule has 0 unspecified atom stereocenters. The number of likely N-dealkylation sites (tertiary alicyclic amines) is 1. The largest absolute Gasteiger partial charge is 0.496 e. The van der Waals surface area contributed by atoms with Crippen molar-refractivity contribution in [1.82, 2.24) is 25.1 Å². The molecule has 1 aliphatic heterocycles. The summed E-state index contributed by atoms with van der Waals surface area (Å²) in [5.74, 6) is 0.522. The first-order chi connectivity index (χ1) is 16.7. The lowest BCUT2D eigenvalue weighted by molar-refractivity contribution is -0.147. The molecule has 4 rings (SSSR count). The van der Waals surface area contributed by atoms with Crippen LogP contribution in [0.25, 0.3) is 10.9 Å². The minimum absolute atomic E-state index is 0.0150. The smallest absolute Gasteiger partial charge is 0.242 e. The highest BCUT2D eigenvalue weighted by Gasteiger charge is 2.52. The van der Waals surface area contributed by atoms with Crippen molar-refractivity contribution in [1.29, 1.82) is 0 Å². The Labute approximate surface area is 209 Å². The molecule has 0 radical (unpaired) electrons. The summed E-state index contributed by atoms with van der Waals surface area (Å²) in [5.41, 5.74) is 1.08. The second kappa shape index (κ2) is 9.93. The molecule has 0 spiro atoms. The second-order valence-electron chi connectivity index (χ2n) is 9.10. The molecule has 35 heavy (non-hydrogen) atoms. The molecule has 1 saturated heterocycles. The lowest BCUT2D eigenvalue weighted by atomic mass is 9.85. The number of likely N-dealkylation sites (N-methyl/N-ethyl adjacent to an activating group) is 2. The van der Waals surface area contributed by atoms with Gasteiger partial charge in [-0.05, 0) is 39.1 Å². The number of amides is 1. The van der Waals surface area contributed by atoms with Gasteiger partial charge in [0.1, 0.15) is 23.4 Å². The Morgan fingerprint density at radius 2 is 2.06 bits per heavy atom. The van der Waals surface area contributed by atoms with Crippen molar-refractivity contribution in [2.24, 2.45) is 0 Å².